The van der Waals surface area contributed by atoms with Crippen LogP contribution in [-0.2, 0) is 11.2 Å². The molecule has 1 aromatic carbocycles. The highest BCUT2D eigenvalue weighted by atomic mass is 16.1. The number of anilines is 1. The number of benzene rings is 1. The lowest BCUT2D eigenvalue weighted by molar-refractivity contribution is -0.116. The molecule has 2 heteroatoms. The van der Waals surface area contributed by atoms with Crippen LogP contribution in [0.1, 0.15) is 32.8 Å². The van der Waals surface area contributed by atoms with Crippen LogP contribution in [0, 0.1) is 6.92 Å². The number of amides is 1. The summed E-state index contributed by atoms with van der Waals surface area (Å²) in [6, 6.07) is 6.19. The molecular weight excluding hydrogens is 174 g/mol. The van der Waals surface area contributed by atoms with E-state index in [-0.39, 0.29) is 7.33 Å². The molecule has 1 aromatic rings. The summed E-state index contributed by atoms with van der Waals surface area (Å²) in [6.45, 7) is 6.03. The van der Waals surface area contributed by atoms with Gasteiger partial charge >= 0.3 is 0 Å². The van der Waals surface area contributed by atoms with Crippen molar-refractivity contribution in [3.63, 3.8) is 0 Å². The summed E-state index contributed by atoms with van der Waals surface area (Å²) in [5, 5.41) is 2.86. The average Bonchev–Trinajstić information content (AvgIpc) is 2.20. The maximum Gasteiger partial charge on any atom is 0.224 e. The molecule has 1 heterocycles. The lowest BCUT2D eigenvalue weighted by atomic mass is 10.0. The summed E-state index contributed by atoms with van der Waals surface area (Å²) in [4.78, 5) is 11.0. The van der Waals surface area contributed by atoms with Gasteiger partial charge in [0.25, 0.3) is 0 Å². The second-order valence-electron chi connectivity index (χ2n) is 3.21. The molecule has 0 aliphatic carbocycles. The highest BCUT2D eigenvalue weighted by molar-refractivity contribution is 5.93. The summed E-state index contributed by atoms with van der Waals surface area (Å²) in [6.07, 6.45) is 1.50. The zero-order valence-corrected chi connectivity index (χ0v) is 9.05. The molecule has 0 unspecified atom stereocenters. The first-order valence-electron chi connectivity index (χ1n) is 5.15. The third-order valence-corrected chi connectivity index (χ3v) is 2.16. The van der Waals surface area contributed by atoms with Crippen LogP contribution in [0.3, 0.4) is 0 Å². The second kappa shape index (κ2) is 4.80. The highest BCUT2D eigenvalue weighted by Gasteiger charge is 2.13. The molecule has 0 bridgehead atoms. The van der Waals surface area contributed by atoms with E-state index < -0.39 is 0 Å². The molecule has 0 fully saturated rings. The van der Waals surface area contributed by atoms with Crippen LogP contribution in [0.4, 0.5) is 5.69 Å². The van der Waals surface area contributed by atoms with Gasteiger partial charge in [0.1, 0.15) is 0 Å². The normalized spacial score (nSPS) is 13.5. The largest absolute Gasteiger partial charge is 0.326 e. The van der Waals surface area contributed by atoms with Gasteiger partial charge in [-0.25, -0.2) is 0 Å². The molecule has 1 amide bonds. The fourth-order valence-electron chi connectivity index (χ4n) is 1.49. The molecule has 1 N–H and O–H groups in total. The van der Waals surface area contributed by atoms with Crippen LogP contribution in [0.2, 0.25) is 0 Å². The van der Waals surface area contributed by atoms with E-state index in [0.29, 0.717) is 6.42 Å². The fourth-order valence-corrected chi connectivity index (χ4v) is 1.49. The van der Waals surface area contributed by atoms with E-state index >= 15 is 0 Å². The number of carbonyl (C=O) groups excluding carboxylic acids is 1. The number of nitrogens with one attached hydrogen (secondary N) is 1. The molecule has 1 aliphatic rings. The minimum Gasteiger partial charge on any atom is -0.326 e. The van der Waals surface area contributed by atoms with Gasteiger partial charge in [0, 0.05) is 13.5 Å². The second-order valence-corrected chi connectivity index (χ2v) is 3.21. The number of carbonyl (C=O) groups is 1. The first kappa shape index (κ1) is 10.8. The van der Waals surface area contributed by atoms with Gasteiger partial charge < -0.3 is 5.32 Å². The lowest BCUT2D eigenvalue weighted by Gasteiger charge is -2.16. The molecule has 0 saturated heterocycles. The van der Waals surface area contributed by atoms with Crippen molar-refractivity contribution in [1.82, 2.24) is 0 Å². The molecule has 0 radical (unpaired) electrons. The van der Waals surface area contributed by atoms with E-state index in [1.54, 1.807) is 0 Å². The Kier molecular flexibility index (Phi) is 3.69. The van der Waals surface area contributed by atoms with Crippen LogP contribution >= 0.6 is 0 Å². The van der Waals surface area contributed by atoms with E-state index in [1.165, 1.54) is 11.1 Å². The smallest absolute Gasteiger partial charge is 0.224 e. The van der Waals surface area contributed by atoms with Crippen LogP contribution < -0.4 is 5.32 Å². The fraction of sp³-hybridized carbons (Fsp3) is 0.417. The lowest BCUT2D eigenvalue weighted by Crippen LogP contribution is -2.18. The Hall–Kier alpha value is -1.31. The maximum atomic E-state index is 11.0. The van der Waals surface area contributed by atoms with E-state index in [0.717, 1.165) is 12.1 Å². The molecule has 0 aromatic heterocycles. The van der Waals surface area contributed by atoms with Gasteiger partial charge in [-0.2, -0.15) is 0 Å². The zero-order valence-electron chi connectivity index (χ0n) is 9.05. The van der Waals surface area contributed by atoms with Gasteiger partial charge in [-0.3, -0.25) is 4.79 Å². The third-order valence-electron chi connectivity index (χ3n) is 2.16. The Balaban J connectivity index is 0.000000617. The Morgan fingerprint density at radius 2 is 2.00 bits per heavy atom. The van der Waals surface area contributed by atoms with Gasteiger partial charge in [-0.1, -0.05) is 26.0 Å². The molecule has 14 heavy (non-hydrogen) atoms. The monoisotopic (exact) mass is 193 g/mol. The maximum absolute atomic E-state index is 11.0. The van der Waals surface area contributed by atoms with Crippen molar-refractivity contribution in [2.75, 3.05) is 5.32 Å². The average molecular weight is 193 g/mol. The Bertz CT molecular complexity index is 336. The summed E-state index contributed by atoms with van der Waals surface area (Å²) in [5.41, 5.74) is 3.43. The van der Waals surface area contributed by atoms with E-state index in [4.69, 9.17) is 0 Å². The predicted molar refractivity (Wildman–Crippen MR) is 61.6 cm³/mol. The molecule has 0 atom stereocenters. The zero-order chi connectivity index (χ0) is 10.6. The number of rotatable bonds is 0. The van der Waals surface area contributed by atoms with Crippen LogP contribution in [0.25, 0.3) is 0 Å². The number of fused-ring (bicyclic) bond motifs is 1. The van der Waals surface area contributed by atoms with E-state index in [9.17, 15) is 4.79 Å². The third kappa shape index (κ3) is 2.34. The van der Waals surface area contributed by atoms with Crippen LogP contribution in [-0.4, -0.2) is 5.91 Å². The van der Waals surface area contributed by atoms with Crippen LogP contribution in [0.5, 0.6) is 0 Å². The van der Waals surface area contributed by atoms with Crippen molar-refractivity contribution in [1.29, 1.82) is 0 Å². The molecule has 2 nitrogen and oxygen atoms in total. The molecule has 0 spiro atoms. The van der Waals surface area contributed by atoms with Crippen LogP contribution in [0.15, 0.2) is 18.2 Å². The quantitative estimate of drug-likeness (QED) is 0.673. The number of hydrogen-bond donors (Lipinski definition) is 1. The van der Waals surface area contributed by atoms with Gasteiger partial charge in [0.05, 0.1) is 0 Å². The number of aryl methyl sites for hydroxylation is 2. The van der Waals surface area contributed by atoms with E-state index in [2.05, 4.69) is 17.4 Å². The standard InChI is InChI=1S/C10H11NO.C2H6.H2/c1-7-2-3-8-4-5-10(12)11-9(8)6-7;1-2;/h2-3,6H,4-5H2,1H3,(H,11,12);1-2H3;1H. The molecule has 2 rings (SSSR count). The Morgan fingerprint density at radius 1 is 1.29 bits per heavy atom. The molecule has 0 saturated carbocycles. The number of hydrogen-bond acceptors (Lipinski definition) is 1. The minimum atomic E-state index is 0. The van der Waals surface area contributed by atoms with E-state index in [1.807, 2.05) is 26.8 Å². The molecule has 1 aliphatic heterocycles. The minimum absolute atomic E-state index is 0. The Labute approximate surface area is 86.8 Å². The first-order valence-corrected chi connectivity index (χ1v) is 5.15. The van der Waals surface area contributed by atoms with Gasteiger partial charge in [-0.15, -0.1) is 0 Å². The van der Waals surface area contributed by atoms with Crippen molar-refractivity contribution in [3.8, 4) is 0 Å². The topological polar surface area (TPSA) is 29.1 Å². The predicted octanol–water partition coefficient (Wildman–Crippen LogP) is 3.15. The Morgan fingerprint density at radius 3 is 2.71 bits per heavy atom. The van der Waals surface area contributed by atoms with Gasteiger partial charge in [-0.05, 0) is 30.5 Å². The van der Waals surface area contributed by atoms with Crippen molar-refractivity contribution < 1.29 is 6.22 Å². The molecular formula is C12H19NO. The molecule has 78 valence electrons. The summed E-state index contributed by atoms with van der Waals surface area (Å²) >= 11 is 0. The van der Waals surface area contributed by atoms with Crippen molar-refractivity contribution in [2.24, 2.45) is 0 Å². The summed E-state index contributed by atoms with van der Waals surface area (Å²) in [7, 11) is 0. The summed E-state index contributed by atoms with van der Waals surface area (Å²) in [5.74, 6) is 0.133. The summed E-state index contributed by atoms with van der Waals surface area (Å²) < 4.78 is 0. The van der Waals surface area contributed by atoms with Crippen molar-refractivity contribution in [2.45, 2.75) is 33.6 Å². The highest BCUT2D eigenvalue weighted by Crippen LogP contribution is 2.22. The van der Waals surface area contributed by atoms with Crippen molar-refractivity contribution >= 4 is 11.6 Å². The van der Waals surface area contributed by atoms with Crippen molar-refractivity contribution in [3.05, 3.63) is 29.3 Å². The SMILES string of the molecule is CC.Cc1ccc2c(c1)NC(=O)CC2.[HH]. The van der Waals surface area contributed by atoms with Gasteiger partial charge in [0.15, 0.2) is 0 Å². The van der Waals surface area contributed by atoms with Gasteiger partial charge in [0.2, 0.25) is 5.91 Å². The first-order chi connectivity index (χ1) is 6.75.